The monoisotopic (exact) mass is 397 g/mol. The molecule has 0 atom stereocenters. The number of hydrogen-bond acceptors (Lipinski definition) is 2. The highest BCUT2D eigenvalue weighted by Crippen LogP contribution is 2.20. The van der Waals surface area contributed by atoms with E-state index < -0.39 is 0 Å². The summed E-state index contributed by atoms with van der Waals surface area (Å²) in [5, 5.41) is 11.8. The molecule has 0 saturated heterocycles. The standard InChI is InChI=1S/C15H13Br2NO2/c16-13-5-12(6-14(17)7-13)15(20)18-8-10-1-3-11(9-19)4-2-10/h1-7,19H,8-9H2,(H,18,20). The van der Waals surface area contributed by atoms with Crippen molar-refractivity contribution in [2.24, 2.45) is 0 Å². The zero-order valence-electron chi connectivity index (χ0n) is 10.6. The normalized spacial score (nSPS) is 10.3. The fraction of sp³-hybridized carbons (Fsp3) is 0.133. The lowest BCUT2D eigenvalue weighted by Gasteiger charge is -2.07. The summed E-state index contributed by atoms with van der Waals surface area (Å²) in [7, 11) is 0. The topological polar surface area (TPSA) is 49.3 Å². The van der Waals surface area contributed by atoms with Gasteiger partial charge < -0.3 is 10.4 Å². The number of benzene rings is 2. The molecule has 3 nitrogen and oxygen atoms in total. The number of halogens is 2. The predicted octanol–water partition coefficient (Wildman–Crippen LogP) is 3.63. The first-order chi connectivity index (χ1) is 9.58. The Morgan fingerprint density at radius 1 is 1.00 bits per heavy atom. The molecule has 0 spiro atoms. The van der Waals surface area contributed by atoms with E-state index in [-0.39, 0.29) is 12.5 Å². The van der Waals surface area contributed by atoms with E-state index in [4.69, 9.17) is 5.11 Å². The van der Waals surface area contributed by atoms with Crippen molar-refractivity contribution in [3.63, 3.8) is 0 Å². The van der Waals surface area contributed by atoms with Crippen LogP contribution >= 0.6 is 31.9 Å². The summed E-state index contributed by atoms with van der Waals surface area (Å²) in [4.78, 5) is 12.1. The van der Waals surface area contributed by atoms with Crippen molar-refractivity contribution < 1.29 is 9.90 Å². The van der Waals surface area contributed by atoms with Gasteiger partial charge in [-0.05, 0) is 29.3 Å². The fourth-order valence-corrected chi connectivity index (χ4v) is 3.03. The maximum atomic E-state index is 12.1. The van der Waals surface area contributed by atoms with Crippen molar-refractivity contribution in [2.75, 3.05) is 0 Å². The van der Waals surface area contributed by atoms with Gasteiger partial charge in [0, 0.05) is 21.1 Å². The molecule has 5 heteroatoms. The highest BCUT2D eigenvalue weighted by molar-refractivity contribution is 9.11. The van der Waals surface area contributed by atoms with E-state index in [1.807, 2.05) is 30.3 Å². The molecule has 0 fully saturated rings. The van der Waals surface area contributed by atoms with E-state index in [0.29, 0.717) is 12.1 Å². The summed E-state index contributed by atoms with van der Waals surface area (Å²) in [5.41, 5.74) is 2.44. The molecule has 0 radical (unpaired) electrons. The number of nitrogens with one attached hydrogen (secondary N) is 1. The molecule has 0 aliphatic heterocycles. The number of carbonyl (C=O) groups is 1. The zero-order valence-corrected chi connectivity index (χ0v) is 13.7. The lowest BCUT2D eigenvalue weighted by atomic mass is 10.1. The van der Waals surface area contributed by atoms with Gasteiger partial charge in [0.15, 0.2) is 0 Å². The van der Waals surface area contributed by atoms with Gasteiger partial charge >= 0.3 is 0 Å². The summed E-state index contributed by atoms with van der Waals surface area (Å²) in [6.07, 6.45) is 0. The van der Waals surface area contributed by atoms with Gasteiger partial charge in [-0.2, -0.15) is 0 Å². The number of aliphatic hydroxyl groups is 1. The molecule has 0 bridgehead atoms. The first kappa shape index (κ1) is 15.2. The van der Waals surface area contributed by atoms with Crippen molar-refractivity contribution in [1.82, 2.24) is 5.32 Å². The molecule has 20 heavy (non-hydrogen) atoms. The van der Waals surface area contributed by atoms with Crippen molar-refractivity contribution in [3.05, 3.63) is 68.1 Å². The van der Waals surface area contributed by atoms with E-state index in [2.05, 4.69) is 37.2 Å². The molecule has 2 aromatic rings. The second-order valence-electron chi connectivity index (χ2n) is 4.32. The summed E-state index contributed by atoms with van der Waals surface area (Å²) in [6.45, 7) is 0.480. The number of aliphatic hydroxyl groups excluding tert-OH is 1. The van der Waals surface area contributed by atoms with E-state index in [9.17, 15) is 4.79 Å². The van der Waals surface area contributed by atoms with Crippen molar-refractivity contribution in [1.29, 1.82) is 0 Å². The highest BCUT2D eigenvalue weighted by atomic mass is 79.9. The van der Waals surface area contributed by atoms with Gasteiger partial charge in [-0.15, -0.1) is 0 Å². The third-order valence-corrected chi connectivity index (χ3v) is 3.70. The number of hydrogen-bond donors (Lipinski definition) is 2. The Kier molecular flexibility index (Phi) is 5.34. The predicted molar refractivity (Wildman–Crippen MR) is 85.4 cm³/mol. The van der Waals surface area contributed by atoms with Crippen molar-refractivity contribution in [3.8, 4) is 0 Å². The van der Waals surface area contributed by atoms with Crippen LogP contribution in [0.5, 0.6) is 0 Å². The first-order valence-electron chi connectivity index (χ1n) is 6.01. The van der Waals surface area contributed by atoms with Gasteiger partial charge in [0.1, 0.15) is 0 Å². The highest BCUT2D eigenvalue weighted by Gasteiger charge is 2.07. The maximum absolute atomic E-state index is 12.1. The van der Waals surface area contributed by atoms with Gasteiger partial charge in [0.2, 0.25) is 0 Å². The quantitative estimate of drug-likeness (QED) is 0.825. The molecule has 0 aliphatic rings. The third-order valence-electron chi connectivity index (χ3n) is 2.78. The number of carbonyl (C=O) groups excluding carboxylic acids is 1. The van der Waals surface area contributed by atoms with E-state index in [1.165, 1.54) is 0 Å². The van der Waals surface area contributed by atoms with Crippen LogP contribution in [0.2, 0.25) is 0 Å². The largest absolute Gasteiger partial charge is 0.392 e. The smallest absolute Gasteiger partial charge is 0.251 e. The Morgan fingerprint density at radius 3 is 2.10 bits per heavy atom. The van der Waals surface area contributed by atoms with Gasteiger partial charge in [-0.25, -0.2) is 0 Å². The molecule has 104 valence electrons. The molecular formula is C15H13Br2NO2. The van der Waals surface area contributed by atoms with Crippen molar-refractivity contribution in [2.45, 2.75) is 13.2 Å². The molecule has 2 rings (SSSR count). The molecule has 2 aromatic carbocycles. The van der Waals surface area contributed by atoms with Crippen LogP contribution in [0.25, 0.3) is 0 Å². The third kappa shape index (κ3) is 4.16. The minimum Gasteiger partial charge on any atom is -0.392 e. The van der Waals surface area contributed by atoms with E-state index >= 15 is 0 Å². The van der Waals surface area contributed by atoms with E-state index in [1.54, 1.807) is 12.1 Å². The molecule has 0 heterocycles. The van der Waals surface area contributed by atoms with Crippen LogP contribution in [0.3, 0.4) is 0 Å². The fourth-order valence-electron chi connectivity index (χ4n) is 1.73. The lowest BCUT2D eigenvalue weighted by molar-refractivity contribution is 0.0951. The van der Waals surface area contributed by atoms with Crippen LogP contribution in [-0.2, 0) is 13.2 Å². The second-order valence-corrected chi connectivity index (χ2v) is 6.15. The minimum absolute atomic E-state index is 0.0265. The Labute approximate surface area is 134 Å². The Balaban J connectivity index is 2.00. The summed E-state index contributed by atoms with van der Waals surface area (Å²) in [5.74, 6) is -0.127. The van der Waals surface area contributed by atoms with E-state index in [0.717, 1.165) is 20.1 Å². The summed E-state index contributed by atoms with van der Waals surface area (Å²) >= 11 is 6.72. The SMILES string of the molecule is O=C(NCc1ccc(CO)cc1)c1cc(Br)cc(Br)c1. The second kappa shape index (κ2) is 7.02. The van der Waals surface area contributed by atoms with Crippen LogP contribution in [-0.4, -0.2) is 11.0 Å². The summed E-state index contributed by atoms with van der Waals surface area (Å²) in [6, 6.07) is 12.9. The Bertz CT molecular complexity index is 592. The van der Waals surface area contributed by atoms with Crippen LogP contribution < -0.4 is 5.32 Å². The average molecular weight is 399 g/mol. The van der Waals surface area contributed by atoms with Crippen LogP contribution in [0.4, 0.5) is 0 Å². The molecule has 0 unspecified atom stereocenters. The van der Waals surface area contributed by atoms with Crippen LogP contribution in [0.1, 0.15) is 21.5 Å². The summed E-state index contributed by atoms with van der Waals surface area (Å²) < 4.78 is 1.70. The van der Waals surface area contributed by atoms with Crippen LogP contribution in [0.15, 0.2) is 51.4 Å². The molecule has 0 aliphatic carbocycles. The van der Waals surface area contributed by atoms with Gasteiger partial charge in [0.05, 0.1) is 6.61 Å². The zero-order chi connectivity index (χ0) is 14.5. The molecule has 1 amide bonds. The van der Waals surface area contributed by atoms with Crippen LogP contribution in [0, 0.1) is 0 Å². The first-order valence-corrected chi connectivity index (χ1v) is 7.60. The van der Waals surface area contributed by atoms with Gasteiger partial charge in [-0.3, -0.25) is 4.79 Å². The van der Waals surface area contributed by atoms with Gasteiger partial charge in [0.25, 0.3) is 5.91 Å². The molecule has 2 N–H and O–H groups in total. The number of rotatable bonds is 4. The Hall–Kier alpha value is -1.17. The minimum atomic E-state index is -0.127. The average Bonchev–Trinajstić information content (AvgIpc) is 2.44. The lowest BCUT2D eigenvalue weighted by Crippen LogP contribution is -2.22. The maximum Gasteiger partial charge on any atom is 0.251 e. The van der Waals surface area contributed by atoms with Crippen molar-refractivity contribution >= 4 is 37.8 Å². The molecule has 0 aromatic heterocycles. The Morgan fingerprint density at radius 2 is 1.55 bits per heavy atom. The molecular weight excluding hydrogens is 386 g/mol. The van der Waals surface area contributed by atoms with Gasteiger partial charge in [-0.1, -0.05) is 56.1 Å². The number of amides is 1. The molecule has 0 saturated carbocycles.